The van der Waals surface area contributed by atoms with Gasteiger partial charge in [0.25, 0.3) is 0 Å². The highest BCUT2D eigenvalue weighted by Crippen LogP contribution is 2.10. The summed E-state index contributed by atoms with van der Waals surface area (Å²) in [6, 6.07) is 0. The molecule has 30 heavy (non-hydrogen) atoms. The minimum absolute atomic E-state index is 0.00667. The van der Waals surface area contributed by atoms with Crippen LogP contribution in [0.25, 0.3) is 0 Å². The largest absolute Gasteiger partial charge is 0.394 e. The summed E-state index contributed by atoms with van der Waals surface area (Å²) in [6.07, 6.45) is 13.8. The maximum Gasteiger partial charge on any atom is 0.313 e. The predicted octanol–water partition coefficient (Wildman–Crippen LogP) is 5.32. The standard InChI is InChI=1S/C18H34O3.C6H14O3/c1-3-5-7-9-10-12-14-16-18(20)21-17(19)15-13-11-8-6-4-2;1-5(8)4-9-6(2)3-7/h3-16H2,1-2H3;5-8H,3-4H2,1-2H3. The molecule has 0 aromatic heterocycles. The third-order valence-corrected chi connectivity index (χ3v) is 4.58. The van der Waals surface area contributed by atoms with E-state index in [4.69, 9.17) is 19.7 Å². The molecule has 0 aliphatic rings. The van der Waals surface area contributed by atoms with E-state index in [-0.39, 0.29) is 24.6 Å². The van der Waals surface area contributed by atoms with Crippen molar-refractivity contribution in [1.82, 2.24) is 0 Å². The summed E-state index contributed by atoms with van der Waals surface area (Å²) in [7, 11) is 0. The number of carbonyl (C=O) groups excluding carboxylic acids is 2. The van der Waals surface area contributed by atoms with Gasteiger partial charge in [0.15, 0.2) is 0 Å². The molecular weight excluding hydrogens is 384 g/mol. The Balaban J connectivity index is 0. The number of aliphatic hydroxyl groups excluding tert-OH is 2. The van der Waals surface area contributed by atoms with Crippen LogP contribution in [0.15, 0.2) is 0 Å². The van der Waals surface area contributed by atoms with E-state index in [1.54, 1.807) is 13.8 Å². The number of unbranched alkanes of at least 4 members (excludes halogenated alkanes) is 10. The van der Waals surface area contributed by atoms with Gasteiger partial charge in [-0.25, -0.2) is 0 Å². The Bertz CT molecular complexity index is 384. The second kappa shape index (κ2) is 24.3. The van der Waals surface area contributed by atoms with Crippen LogP contribution in [0.2, 0.25) is 0 Å². The maximum absolute atomic E-state index is 11.5. The number of carbonyl (C=O) groups is 2. The van der Waals surface area contributed by atoms with Gasteiger partial charge < -0.3 is 19.7 Å². The van der Waals surface area contributed by atoms with Gasteiger partial charge in [-0.2, -0.15) is 0 Å². The van der Waals surface area contributed by atoms with E-state index in [0.29, 0.717) is 19.4 Å². The highest BCUT2D eigenvalue weighted by molar-refractivity contribution is 5.85. The summed E-state index contributed by atoms with van der Waals surface area (Å²) < 4.78 is 9.78. The van der Waals surface area contributed by atoms with E-state index in [2.05, 4.69) is 13.8 Å². The highest BCUT2D eigenvalue weighted by Gasteiger charge is 2.09. The molecule has 180 valence electrons. The Morgan fingerprint density at radius 3 is 1.50 bits per heavy atom. The molecule has 0 aliphatic carbocycles. The molecule has 0 amide bonds. The number of rotatable bonds is 18. The molecule has 0 fully saturated rings. The smallest absolute Gasteiger partial charge is 0.313 e. The molecule has 0 saturated heterocycles. The average Bonchev–Trinajstić information content (AvgIpc) is 2.71. The van der Waals surface area contributed by atoms with Crippen LogP contribution in [0.1, 0.15) is 118 Å². The third-order valence-electron chi connectivity index (χ3n) is 4.58. The lowest BCUT2D eigenvalue weighted by Gasteiger charge is -2.10. The zero-order valence-electron chi connectivity index (χ0n) is 20.0. The van der Waals surface area contributed by atoms with Crippen molar-refractivity contribution in [2.24, 2.45) is 0 Å². The van der Waals surface area contributed by atoms with Crippen molar-refractivity contribution in [2.75, 3.05) is 13.2 Å². The summed E-state index contributed by atoms with van der Waals surface area (Å²) >= 11 is 0. The normalized spacial score (nSPS) is 12.6. The molecular formula is C24H48O6. The van der Waals surface area contributed by atoms with Gasteiger partial charge in [0, 0.05) is 12.8 Å². The van der Waals surface area contributed by atoms with Crippen molar-refractivity contribution in [2.45, 2.75) is 130 Å². The Labute approximate surface area is 184 Å². The lowest BCUT2D eigenvalue weighted by atomic mass is 10.1. The summed E-state index contributed by atoms with van der Waals surface area (Å²) in [5.74, 6) is -0.693. The highest BCUT2D eigenvalue weighted by atomic mass is 16.6. The van der Waals surface area contributed by atoms with Crippen LogP contribution in [0, 0.1) is 0 Å². The number of hydrogen-bond donors (Lipinski definition) is 2. The van der Waals surface area contributed by atoms with E-state index in [0.717, 1.165) is 32.1 Å². The molecule has 0 rings (SSSR count). The van der Waals surface area contributed by atoms with Gasteiger partial charge in [-0.15, -0.1) is 0 Å². The fraction of sp³-hybridized carbons (Fsp3) is 0.917. The first-order valence-corrected chi connectivity index (χ1v) is 12.0. The molecule has 2 atom stereocenters. The number of hydrogen-bond acceptors (Lipinski definition) is 6. The van der Waals surface area contributed by atoms with Crippen LogP contribution in [-0.2, 0) is 19.1 Å². The molecule has 0 aliphatic heterocycles. The van der Waals surface area contributed by atoms with E-state index in [1.165, 1.54) is 44.9 Å². The van der Waals surface area contributed by atoms with Crippen LogP contribution in [0.3, 0.4) is 0 Å². The quantitative estimate of drug-likeness (QED) is 0.173. The van der Waals surface area contributed by atoms with Crippen molar-refractivity contribution < 1.29 is 29.3 Å². The topological polar surface area (TPSA) is 93.1 Å². The Morgan fingerprint density at radius 2 is 1.13 bits per heavy atom. The average molecular weight is 433 g/mol. The second-order valence-electron chi connectivity index (χ2n) is 8.06. The number of ether oxygens (including phenoxy) is 2. The van der Waals surface area contributed by atoms with Gasteiger partial charge in [0.2, 0.25) is 0 Å². The molecule has 6 nitrogen and oxygen atoms in total. The molecule has 0 saturated carbocycles. The van der Waals surface area contributed by atoms with Gasteiger partial charge in [-0.1, -0.05) is 78.1 Å². The minimum Gasteiger partial charge on any atom is -0.394 e. The first-order valence-electron chi connectivity index (χ1n) is 12.0. The zero-order chi connectivity index (χ0) is 23.0. The molecule has 0 aromatic rings. The fourth-order valence-electron chi connectivity index (χ4n) is 2.68. The van der Waals surface area contributed by atoms with Crippen molar-refractivity contribution in [1.29, 1.82) is 0 Å². The van der Waals surface area contributed by atoms with E-state index in [1.807, 2.05) is 0 Å². The van der Waals surface area contributed by atoms with Crippen LogP contribution in [0.5, 0.6) is 0 Å². The molecule has 6 heteroatoms. The van der Waals surface area contributed by atoms with Crippen molar-refractivity contribution in [3.63, 3.8) is 0 Å². The molecule has 2 N–H and O–H groups in total. The van der Waals surface area contributed by atoms with Crippen LogP contribution < -0.4 is 0 Å². The lowest BCUT2D eigenvalue weighted by Crippen LogP contribution is -2.19. The molecule has 0 radical (unpaired) electrons. The second-order valence-corrected chi connectivity index (χ2v) is 8.06. The van der Waals surface area contributed by atoms with Crippen LogP contribution in [0.4, 0.5) is 0 Å². The number of aliphatic hydroxyl groups is 2. The van der Waals surface area contributed by atoms with Gasteiger partial charge in [0.05, 0.1) is 25.4 Å². The van der Waals surface area contributed by atoms with Gasteiger partial charge in [-0.3, -0.25) is 9.59 Å². The number of esters is 2. The van der Waals surface area contributed by atoms with Crippen LogP contribution >= 0.6 is 0 Å². The Kier molecular flexibility index (Phi) is 25.3. The summed E-state index contributed by atoms with van der Waals surface area (Å²) in [6.45, 7) is 8.06. The molecule has 0 spiro atoms. The Hall–Kier alpha value is -0.980. The van der Waals surface area contributed by atoms with E-state index >= 15 is 0 Å². The first-order chi connectivity index (χ1) is 14.4. The maximum atomic E-state index is 11.5. The van der Waals surface area contributed by atoms with Gasteiger partial charge in [0.1, 0.15) is 0 Å². The molecule has 2 unspecified atom stereocenters. The van der Waals surface area contributed by atoms with E-state index < -0.39 is 6.10 Å². The minimum atomic E-state index is -0.445. The third kappa shape index (κ3) is 27.0. The van der Waals surface area contributed by atoms with Gasteiger partial charge in [-0.05, 0) is 26.7 Å². The van der Waals surface area contributed by atoms with Gasteiger partial charge >= 0.3 is 11.9 Å². The van der Waals surface area contributed by atoms with Crippen LogP contribution in [-0.4, -0.2) is 47.6 Å². The first kappa shape index (κ1) is 31.2. The lowest BCUT2D eigenvalue weighted by molar-refractivity contribution is -0.159. The van der Waals surface area contributed by atoms with Crippen molar-refractivity contribution in [3.8, 4) is 0 Å². The molecule has 0 bridgehead atoms. The monoisotopic (exact) mass is 432 g/mol. The SMILES string of the molecule is CC(O)COC(C)CO.CCCCCCCCCC(=O)OC(=O)CCCCCCC. The fourth-order valence-corrected chi connectivity index (χ4v) is 2.68. The predicted molar refractivity (Wildman–Crippen MR) is 121 cm³/mol. The Morgan fingerprint density at radius 1 is 0.733 bits per heavy atom. The summed E-state index contributed by atoms with van der Waals surface area (Å²) in [5.41, 5.74) is 0. The van der Waals surface area contributed by atoms with Crippen molar-refractivity contribution >= 4 is 11.9 Å². The summed E-state index contributed by atoms with van der Waals surface area (Å²) in [4.78, 5) is 22.9. The van der Waals surface area contributed by atoms with Crippen molar-refractivity contribution in [3.05, 3.63) is 0 Å². The molecule has 0 heterocycles. The van der Waals surface area contributed by atoms with E-state index in [9.17, 15) is 9.59 Å². The summed E-state index contributed by atoms with van der Waals surface area (Å²) in [5, 5.41) is 17.1. The zero-order valence-corrected chi connectivity index (χ0v) is 20.0. The molecule has 0 aromatic carbocycles.